The van der Waals surface area contributed by atoms with E-state index >= 15 is 0 Å². The molecule has 8 atom stereocenters. The highest BCUT2D eigenvalue weighted by atomic mass is 16.8. The number of hydrogen-bond acceptors (Lipinski definition) is 3. The van der Waals surface area contributed by atoms with Crippen LogP contribution in [0.3, 0.4) is 0 Å². The summed E-state index contributed by atoms with van der Waals surface area (Å²) in [7, 11) is 0. The third-order valence-electron chi connectivity index (χ3n) is 6.09. The van der Waals surface area contributed by atoms with Gasteiger partial charge in [-0.1, -0.05) is 13.3 Å². The fraction of sp³-hybridized carbons (Fsp3) is 1.00. The van der Waals surface area contributed by atoms with E-state index in [1.807, 2.05) is 0 Å². The molecule has 0 amide bonds. The van der Waals surface area contributed by atoms with Crippen LogP contribution in [-0.2, 0) is 14.2 Å². The predicted molar refractivity (Wildman–Crippen MR) is 71.4 cm³/mol. The largest absolute Gasteiger partial charge is 0.347 e. The molecule has 0 aromatic carbocycles. The van der Waals surface area contributed by atoms with Gasteiger partial charge in [-0.2, -0.15) is 0 Å². The Balaban J connectivity index is 1.74. The van der Waals surface area contributed by atoms with Crippen molar-refractivity contribution in [3.05, 3.63) is 0 Å². The van der Waals surface area contributed by atoms with Gasteiger partial charge in [-0.3, -0.25) is 0 Å². The first-order valence-electron chi connectivity index (χ1n) is 8.09. The molecule has 3 heteroatoms. The summed E-state index contributed by atoms with van der Waals surface area (Å²) in [4.78, 5) is 0. The van der Waals surface area contributed by atoms with E-state index in [-0.39, 0.29) is 6.29 Å². The predicted octanol–water partition coefficient (Wildman–Crippen LogP) is 3.33. The van der Waals surface area contributed by atoms with Crippen molar-refractivity contribution in [1.29, 1.82) is 0 Å². The molecule has 7 unspecified atom stereocenters. The zero-order valence-electron chi connectivity index (χ0n) is 12.3. The lowest BCUT2D eigenvalue weighted by Crippen LogP contribution is -2.49. The smallest absolute Gasteiger partial charge is 0.188 e. The second kappa shape index (κ2) is 4.19. The fourth-order valence-corrected chi connectivity index (χ4v) is 5.20. The lowest BCUT2D eigenvalue weighted by molar-refractivity contribution is -0.299. The molecule has 1 saturated carbocycles. The van der Waals surface area contributed by atoms with Crippen LogP contribution in [0.5, 0.6) is 0 Å². The van der Waals surface area contributed by atoms with Crippen molar-refractivity contribution in [3.63, 3.8) is 0 Å². The van der Waals surface area contributed by atoms with Crippen molar-refractivity contribution in [2.45, 2.75) is 77.2 Å². The molecule has 108 valence electrons. The first-order valence-corrected chi connectivity index (χ1v) is 8.09. The highest BCUT2D eigenvalue weighted by molar-refractivity contribution is 5.02. The zero-order chi connectivity index (χ0) is 13.2. The molecule has 3 aliphatic heterocycles. The van der Waals surface area contributed by atoms with Gasteiger partial charge in [0.05, 0.1) is 6.10 Å². The monoisotopic (exact) mass is 266 g/mol. The number of rotatable bonds is 0. The molecule has 0 bridgehead atoms. The van der Waals surface area contributed by atoms with Gasteiger partial charge in [-0.25, -0.2) is 0 Å². The van der Waals surface area contributed by atoms with E-state index in [9.17, 15) is 0 Å². The Morgan fingerprint density at radius 2 is 1.84 bits per heavy atom. The van der Waals surface area contributed by atoms with E-state index < -0.39 is 5.79 Å². The third kappa shape index (κ3) is 1.89. The molecule has 4 rings (SSSR count). The Kier molecular flexibility index (Phi) is 2.78. The summed E-state index contributed by atoms with van der Waals surface area (Å²) >= 11 is 0. The van der Waals surface area contributed by atoms with E-state index in [0.717, 1.165) is 5.92 Å². The minimum Gasteiger partial charge on any atom is -0.347 e. The highest BCUT2D eigenvalue weighted by Gasteiger charge is 2.61. The molecule has 0 aromatic rings. The molecule has 19 heavy (non-hydrogen) atoms. The average Bonchev–Trinajstić information content (AvgIpc) is 3.14. The number of fused-ring (bicyclic) bond motifs is 1. The van der Waals surface area contributed by atoms with E-state index in [4.69, 9.17) is 14.2 Å². The van der Waals surface area contributed by atoms with Gasteiger partial charge in [0.1, 0.15) is 6.10 Å². The van der Waals surface area contributed by atoms with Gasteiger partial charge in [0.15, 0.2) is 12.1 Å². The Morgan fingerprint density at radius 3 is 2.68 bits per heavy atom. The normalized spacial score (nSPS) is 60.5. The maximum absolute atomic E-state index is 6.36. The van der Waals surface area contributed by atoms with Crippen LogP contribution in [0.25, 0.3) is 0 Å². The SMILES string of the molecule is CC1CCC2CCCC3C2C(C)(O1)OC1OC1[C@@H]3C. The highest BCUT2D eigenvalue weighted by Crippen LogP contribution is 2.56. The molecule has 0 aromatic heterocycles. The standard InChI is InChI=1S/C16H26O3/c1-9-7-8-11-5-4-6-12-10(2)14-15(17-14)19-16(3,18-9)13(11)12/h9-15H,4-8H2,1-3H3/t9?,10-,11?,12?,13?,14?,15?,16?/m1/s1. The number of ether oxygens (including phenoxy) is 3. The maximum atomic E-state index is 6.36. The van der Waals surface area contributed by atoms with Gasteiger partial charge in [0, 0.05) is 5.92 Å². The molecule has 0 N–H and O–H groups in total. The zero-order valence-corrected chi connectivity index (χ0v) is 12.3. The van der Waals surface area contributed by atoms with Gasteiger partial charge >= 0.3 is 0 Å². The summed E-state index contributed by atoms with van der Waals surface area (Å²) in [6.07, 6.45) is 7.17. The fourth-order valence-electron chi connectivity index (χ4n) is 5.20. The van der Waals surface area contributed by atoms with Gasteiger partial charge in [0.25, 0.3) is 0 Å². The Hall–Kier alpha value is -0.120. The molecule has 4 fully saturated rings. The quantitative estimate of drug-likeness (QED) is 0.630. The third-order valence-corrected chi connectivity index (χ3v) is 6.09. The molecular weight excluding hydrogens is 240 g/mol. The van der Waals surface area contributed by atoms with Crippen molar-refractivity contribution in [3.8, 4) is 0 Å². The van der Waals surface area contributed by atoms with Crippen LogP contribution in [-0.4, -0.2) is 24.3 Å². The van der Waals surface area contributed by atoms with Crippen molar-refractivity contribution in [2.24, 2.45) is 23.7 Å². The first-order chi connectivity index (χ1) is 9.08. The van der Waals surface area contributed by atoms with Gasteiger partial charge in [-0.15, -0.1) is 0 Å². The summed E-state index contributed by atoms with van der Waals surface area (Å²) in [6.45, 7) is 6.74. The molecular formula is C16H26O3. The van der Waals surface area contributed by atoms with E-state index in [0.29, 0.717) is 30.0 Å². The summed E-state index contributed by atoms with van der Waals surface area (Å²) in [5, 5.41) is 0. The molecule has 3 heterocycles. The summed E-state index contributed by atoms with van der Waals surface area (Å²) < 4.78 is 18.4. The van der Waals surface area contributed by atoms with Crippen LogP contribution >= 0.6 is 0 Å². The molecule has 3 saturated heterocycles. The molecule has 0 spiro atoms. The van der Waals surface area contributed by atoms with Gasteiger partial charge in [0.2, 0.25) is 0 Å². The maximum Gasteiger partial charge on any atom is 0.188 e. The summed E-state index contributed by atoms with van der Waals surface area (Å²) in [6, 6.07) is 0. The average molecular weight is 266 g/mol. The number of hydrogen-bond donors (Lipinski definition) is 0. The summed E-state index contributed by atoms with van der Waals surface area (Å²) in [5.74, 6) is 2.27. The van der Waals surface area contributed by atoms with Crippen molar-refractivity contribution < 1.29 is 14.2 Å². The molecule has 1 aliphatic carbocycles. The number of epoxide rings is 1. The molecule has 0 radical (unpaired) electrons. The Morgan fingerprint density at radius 1 is 1.00 bits per heavy atom. The lowest BCUT2D eigenvalue weighted by Gasteiger charge is -2.47. The van der Waals surface area contributed by atoms with Crippen LogP contribution in [0.2, 0.25) is 0 Å². The lowest BCUT2D eigenvalue weighted by atomic mass is 9.63. The van der Waals surface area contributed by atoms with Crippen LogP contribution in [0.15, 0.2) is 0 Å². The first kappa shape index (κ1) is 12.6. The van der Waals surface area contributed by atoms with Crippen molar-refractivity contribution >= 4 is 0 Å². The summed E-state index contributed by atoms with van der Waals surface area (Å²) in [5.41, 5.74) is 0. The van der Waals surface area contributed by atoms with Gasteiger partial charge < -0.3 is 14.2 Å². The second-order valence-corrected chi connectivity index (χ2v) is 7.35. The Labute approximate surface area is 116 Å². The second-order valence-electron chi connectivity index (χ2n) is 7.35. The van der Waals surface area contributed by atoms with E-state index in [1.165, 1.54) is 32.1 Å². The van der Waals surface area contributed by atoms with Crippen LogP contribution < -0.4 is 0 Å². The molecule has 4 aliphatic rings. The van der Waals surface area contributed by atoms with Crippen molar-refractivity contribution in [2.75, 3.05) is 0 Å². The minimum atomic E-state index is -0.421. The van der Waals surface area contributed by atoms with Crippen LogP contribution in [0.1, 0.15) is 52.9 Å². The van der Waals surface area contributed by atoms with Gasteiger partial charge in [-0.05, 0) is 57.3 Å². The van der Waals surface area contributed by atoms with E-state index in [1.54, 1.807) is 0 Å². The van der Waals surface area contributed by atoms with Crippen LogP contribution in [0, 0.1) is 23.7 Å². The minimum absolute atomic E-state index is 0.00319. The van der Waals surface area contributed by atoms with E-state index in [2.05, 4.69) is 20.8 Å². The van der Waals surface area contributed by atoms with Crippen molar-refractivity contribution in [1.82, 2.24) is 0 Å². The van der Waals surface area contributed by atoms with Crippen LogP contribution in [0.4, 0.5) is 0 Å². The molecule has 3 nitrogen and oxygen atoms in total. The topological polar surface area (TPSA) is 31.0 Å². The Bertz CT molecular complexity index is 371.